The van der Waals surface area contributed by atoms with Crippen molar-refractivity contribution < 1.29 is 9.31 Å². The van der Waals surface area contributed by atoms with E-state index in [4.69, 9.17) is 9.31 Å². The van der Waals surface area contributed by atoms with Gasteiger partial charge in [-0.1, -0.05) is 12.1 Å². The van der Waals surface area contributed by atoms with E-state index in [9.17, 15) is 0 Å². The zero-order valence-electron chi connectivity index (χ0n) is 12.1. The van der Waals surface area contributed by atoms with Gasteiger partial charge in [0.2, 0.25) is 0 Å². The average Bonchev–Trinajstić information content (AvgIpc) is 2.77. The van der Waals surface area contributed by atoms with Gasteiger partial charge in [-0.25, -0.2) is 0 Å². The molecule has 0 radical (unpaired) electrons. The highest BCUT2D eigenvalue weighted by atomic mass is 16.7. The number of aromatic nitrogens is 3. The van der Waals surface area contributed by atoms with E-state index in [0.717, 1.165) is 24.3 Å². The van der Waals surface area contributed by atoms with Gasteiger partial charge in [-0.2, -0.15) is 0 Å². The lowest BCUT2D eigenvalue weighted by molar-refractivity contribution is 0.00578. The van der Waals surface area contributed by atoms with Gasteiger partial charge >= 0.3 is 7.12 Å². The minimum atomic E-state index is -0.412. The van der Waals surface area contributed by atoms with Crippen LogP contribution in [0.2, 0.25) is 0 Å². The number of hydrogen-bond donors (Lipinski definition) is 0. The molecular weight excluding hydrogens is 229 g/mol. The molecular formula is C12H22BN3O2. The Morgan fingerprint density at radius 3 is 2.11 bits per heavy atom. The third-order valence-electron chi connectivity index (χ3n) is 3.98. The Balaban J connectivity index is 2.32. The van der Waals surface area contributed by atoms with Gasteiger partial charge in [0.05, 0.1) is 16.9 Å². The molecule has 1 aromatic heterocycles. The van der Waals surface area contributed by atoms with Gasteiger partial charge in [-0.15, -0.1) is 5.10 Å². The number of nitrogens with zero attached hydrogens (tertiary/aromatic N) is 3. The summed E-state index contributed by atoms with van der Waals surface area (Å²) in [5.41, 5.74) is 1.24. The Kier molecular flexibility index (Phi) is 3.27. The predicted molar refractivity (Wildman–Crippen MR) is 70.8 cm³/mol. The van der Waals surface area contributed by atoms with Crippen LogP contribution in [0, 0.1) is 0 Å². The maximum atomic E-state index is 6.01. The standard InChI is InChI=1S/C12H22BN3O2/c1-7-9-10(14-15-16(9)8-2)13-17-11(3,4)12(5,6)18-13/h7-8H2,1-6H3. The van der Waals surface area contributed by atoms with Crippen molar-refractivity contribution in [2.45, 2.75) is 65.7 Å². The molecule has 1 fully saturated rings. The molecule has 2 heterocycles. The Morgan fingerprint density at radius 2 is 1.67 bits per heavy atom. The van der Waals surface area contributed by atoms with Crippen LogP contribution in [0.25, 0.3) is 0 Å². The summed E-state index contributed by atoms with van der Waals surface area (Å²) in [6, 6.07) is 0. The molecule has 6 heteroatoms. The summed E-state index contributed by atoms with van der Waals surface area (Å²) in [4.78, 5) is 0. The molecule has 5 nitrogen and oxygen atoms in total. The first-order valence-corrected chi connectivity index (χ1v) is 6.60. The summed E-state index contributed by atoms with van der Waals surface area (Å²) in [6.45, 7) is 13.1. The molecule has 1 aliphatic heterocycles. The summed E-state index contributed by atoms with van der Waals surface area (Å²) >= 11 is 0. The normalized spacial score (nSPS) is 21.6. The van der Waals surface area contributed by atoms with Crippen molar-refractivity contribution in [3.63, 3.8) is 0 Å². The van der Waals surface area contributed by atoms with Crippen LogP contribution in [0.4, 0.5) is 0 Å². The highest BCUT2D eigenvalue weighted by Crippen LogP contribution is 2.36. The van der Waals surface area contributed by atoms with Gasteiger partial charge in [0, 0.05) is 6.54 Å². The first-order valence-electron chi connectivity index (χ1n) is 6.60. The van der Waals surface area contributed by atoms with Crippen molar-refractivity contribution in [1.82, 2.24) is 15.0 Å². The molecule has 0 amide bonds. The van der Waals surface area contributed by atoms with Gasteiger partial charge in [-0.05, 0) is 41.0 Å². The van der Waals surface area contributed by atoms with Crippen LogP contribution < -0.4 is 5.59 Å². The zero-order valence-corrected chi connectivity index (χ0v) is 12.1. The first-order chi connectivity index (χ1) is 8.32. The Morgan fingerprint density at radius 1 is 1.11 bits per heavy atom. The van der Waals surface area contributed by atoms with Gasteiger partial charge in [-0.3, -0.25) is 4.68 Å². The predicted octanol–water partition coefficient (Wildman–Crippen LogP) is 1.16. The van der Waals surface area contributed by atoms with Gasteiger partial charge in [0.25, 0.3) is 0 Å². The van der Waals surface area contributed by atoms with Crippen LogP contribution in [0.1, 0.15) is 47.2 Å². The van der Waals surface area contributed by atoms with Gasteiger partial charge in [0.1, 0.15) is 5.59 Å². The first kappa shape index (κ1) is 13.6. The second-order valence-corrected chi connectivity index (χ2v) is 5.68. The summed E-state index contributed by atoms with van der Waals surface area (Å²) < 4.78 is 13.9. The molecule has 100 valence electrons. The van der Waals surface area contributed by atoms with E-state index in [1.165, 1.54) is 0 Å². The van der Waals surface area contributed by atoms with E-state index in [1.54, 1.807) is 0 Å². The Labute approximate surface area is 109 Å². The fourth-order valence-electron chi connectivity index (χ4n) is 2.10. The molecule has 1 saturated heterocycles. The maximum absolute atomic E-state index is 6.01. The van der Waals surface area contributed by atoms with Crippen LogP contribution in [0.3, 0.4) is 0 Å². The minimum absolute atomic E-state index is 0.335. The van der Waals surface area contributed by atoms with E-state index in [0.29, 0.717) is 0 Å². The zero-order chi connectivity index (χ0) is 13.6. The molecule has 1 aromatic rings. The van der Waals surface area contributed by atoms with Crippen LogP contribution >= 0.6 is 0 Å². The molecule has 2 rings (SSSR count). The minimum Gasteiger partial charge on any atom is -0.398 e. The fourth-order valence-corrected chi connectivity index (χ4v) is 2.10. The quantitative estimate of drug-likeness (QED) is 0.756. The summed E-state index contributed by atoms with van der Waals surface area (Å²) in [6.07, 6.45) is 0.875. The van der Waals surface area contributed by atoms with Gasteiger partial charge < -0.3 is 9.31 Å². The molecule has 1 aliphatic rings. The van der Waals surface area contributed by atoms with E-state index >= 15 is 0 Å². The van der Waals surface area contributed by atoms with Crippen molar-refractivity contribution >= 4 is 12.7 Å². The molecule has 18 heavy (non-hydrogen) atoms. The Bertz CT molecular complexity index is 427. The molecule has 0 atom stereocenters. The maximum Gasteiger partial charge on any atom is 0.518 e. The summed E-state index contributed by atoms with van der Waals surface area (Å²) in [5, 5.41) is 8.39. The van der Waals surface area contributed by atoms with E-state index in [2.05, 4.69) is 24.2 Å². The van der Waals surface area contributed by atoms with Crippen molar-refractivity contribution in [2.24, 2.45) is 0 Å². The fraction of sp³-hybridized carbons (Fsp3) is 0.833. The molecule has 0 N–H and O–H groups in total. The molecule has 0 aliphatic carbocycles. The largest absolute Gasteiger partial charge is 0.518 e. The third-order valence-corrected chi connectivity index (χ3v) is 3.98. The second-order valence-electron chi connectivity index (χ2n) is 5.68. The number of rotatable bonds is 3. The van der Waals surface area contributed by atoms with E-state index in [-0.39, 0.29) is 11.2 Å². The van der Waals surface area contributed by atoms with E-state index < -0.39 is 7.12 Å². The summed E-state index contributed by atoms with van der Waals surface area (Å²) in [5.74, 6) is 0. The lowest BCUT2D eigenvalue weighted by Gasteiger charge is -2.32. The lowest BCUT2D eigenvalue weighted by atomic mass is 9.82. The van der Waals surface area contributed by atoms with Crippen LogP contribution in [0.5, 0.6) is 0 Å². The molecule has 0 bridgehead atoms. The molecule has 0 saturated carbocycles. The highest BCUT2D eigenvalue weighted by Gasteiger charge is 2.53. The smallest absolute Gasteiger partial charge is 0.398 e. The summed E-state index contributed by atoms with van der Waals surface area (Å²) in [7, 11) is -0.412. The van der Waals surface area contributed by atoms with Crippen molar-refractivity contribution in [3.05, 3.63) is 5.69 Å². The molecule has 0 unspecified atom stereocenters. The second kappa shape index (κ2) is 4.35. The van der Waals surface area contributed by atoms with Crippen LogP contribution in [0.15, 0.2) is 0 Å². The van der Waals surface area contributed by atoms with Crippen LogP contribution in [-0.2, 0) is 22.3 Å². The molecule has 0 spiro atoms. The SMILES string of the molecule is CCc1c(B2OC(C)(C)C(C)(C)O2)nnn1CC. The average molecular weight is 251 g/mol. The monoisotopic (exact) mass is 251 g/mol. The topological polar surface area (TPSA) is 49.2 Å². The van der Waals surface area contributed by atoms with Crippen molar-refractivity contribution in [2.75, 3.05) is 0 Å². The lowest BCUT2D eigenvalue weighted by Crippen LogP contribution is -2.41. The highest BCUT2D eigenvalue weighted by molar-refractivity contribution is 6.61. The third kappa shape index (κ3) is 1.97. The van der Waals surface area contributed by atoms with Crippen molar-refractivity contribution in [1.29, 1.82) is 0 Å². The number of hydrogen-bond acceptors (Lipinski definition) is 4. The van der Waals surface area contributed by atoms with Crippen molar-refractivity contribution in [3.8, 4) is 0 Å². The van der Waals surface area contributed by atoms with E-state index in [1.807, 2.05) is 32.4 Å². The number of aryl methyl sites for hydroxylation is 1. The Hall–Kier alpha value is -0.875. The van der Waals surface area contributed by atoms with Crippen LogP contribution in [-0.4, -0.2) is 33.3 Å². The van der Waals surface area contributed by atoms with Gasteiger partial charge in [0.15, 0.2) is 0 Å². The molecule has 0 aromatic carbocycles.